The Labute approximate surface area is 145 Å². The maximum atomic E-state index is 14.5. The minimum Gasteiger partial charge on any atom is -0.352 e. The zero-order valence-electron chi connectivity index (χ0n) is 14.4. The maximum absolute atomic E-state index is 14.5. The average Bonchev–Trinajstić information content (AvgIpc) is 3.01. The molecule has 0 N–H and O–H groups in total. The zero-order valence-corrected chi connectivity index (χ0v) is 14.4. The molecule has 0 unspecified atom stereocenters. The Morgan fingerprint density at radius 2 is 1.84 bits per heavy atom. The molecule has 7 nitrogen and oxygen atoms in total. The van der Waals surface area contributed by atoms with Crippen molar-refractivity contribution in [3.05, 3.63) is 41.9 Å². The van der Waals surface area contributed by atoms with Crippen LogP contribution in [0.2, 0.25) is 0 Å². The van der Waals surface area contributed by atoms with Crippen molar-refractivity contribution in [1.29, 1.82) is 0 Å². The fourth-order valence-electron chi connectivity index (χ4n) is 3.17. The first kappa shape index (κ1) is 15.7. The third kappa shape index (κ3) is 2.88. The van der Waals surface area contributed by atoms with E-state index < -0.39 is 0 Å². The van der Waals surface area contributed by atoms with Crippen molar-refractivity contribution in [2.75, 3.05) is 36.0 Å². The van der Waals surface area contributed by atoms with E-state index in [0.29, 0.717) is 31.0 Å². The lowest BCUT2D eigenvalue weighted by molar-refractivity contribution is 0.567. The fourth-order valence-corrected chi connectivity index (χ4v) is 3.17. The van der Waals surface area contributed by atoms with Gasteiger partial charge in [0.25, 0.3) is 0 Å². The van der Waals surface area contributed by atoms with E-state index in [2.05, 4.69) is 25.0 Å². The van der Waals surface area contributed by atoms with Gasteiger partial charge >= 0.3 is 0 Å². The van der Waals surface area contributed by atoms with E-state index >= 15 is 0 Å². The first-order chi connectivity index (χ1) is 12.2. The predicted octanol–water partition coefficient (Wildman–Crippen LogP) is 1.86. The second-order valence-electron chi connectivity index (χ2n) is 6.16. The summed E-state index contributed by atoms with van der Waals surface area (Å²) in [6, 6.07) is 3.96. The monoisotopic (exact) mass is 341 g/mol. The Bertz CT molecular complexity index is 899. The molecule has 0 radical (unpaired) electrons. The highest BCUT2D eigenvalue weighted by atomic mass is 19.1. The van der Waals surface area contributed by atoms with Crippen molar-refractivity contribution in [2.45, 2.75) is 20.3 Å². The van der Waals surface area contributed by atoms with Gasteiger partial charge in [0.05, 0.1) is 17.6 Å². The first-order valence-electron chi connectivity index (χ1n) is 8.48. The lowest BCUT2D eigenvalue weighted by Gasteiger charge is -2.36. The van der Waals surface area contributed by atoms with Crippen LogP contribution in [0.5, 0.6) is 0 Å². The summed E-state index contributed by atoms with van der Waals surface area (Å²) in [5.41, 5.74) is 2.26. The summed E-state index contributed by atoms with van der Waals surface area (Å²) < 4.78 is 16.3. The molecule has 1 aliphatic rings. The Kier molecular flexibility index (Phi) is 3.95. The van der Waals surface area contributed by atoms with Crippen LogP contribution < -0.4 is 9.80 Å². The molecule has 3 aromatic heterocycles. The number of piperazine rings is 1. The summed E-state index contributed by atoms with van der Waals surface area (Å²) in [7, 11) is 0. The van der Waals surface area contributed by atoms with Crippen molar-refractivity contribution in [1.82, 2.24) is 24.6 Å². The molecule has 8 heteroatoms. The molecule has 25 heavy (non-hydrogen) atoms. The molecule has 0 bridgehead atoms. The van der Waals surface area contributed by atoms with Gasteiger partial charge in [-0.3, -0.25) is 0 Å². The van der Waals surface area contributed by atoms with E-state index in [0.717, 1.165) is 30.2 Å². The first-order valence-corrected chi connectivity index (χ1v) is 8.48. The van der Waals surface area contributed by atoms with Gasteiger partial charge in [0.2, 0.25) is 0 Å². The lowest BCUT2D eigenvalue weighted by atomic mass is 10.2. The Hall–Kier alpha value is -2.77. The molecule has 0 amide bonds. The van der Waals surface area contributed by atoms with Gasteiger partial charge in [-0.2, -0.15) is 0 Å². The van der Waals surface area contributed by atoms with E-state index in [1.165, 1.54) is 6.33 Å². The van der Waals surface area contributed by atoms with E-state index in [1.807, 2.05) is 37.1 Å². The van der Waals surface area contributed by atoms with Gasteiger partial charge in [0.1, 0.15) is 12.1 Å². The Morgan fingerprint density at radius 1 is 1.08 bits per heavy atom. The van der Waals surface area contributed by atoms with Crippen molar-refractivity contribution >= 4 is 17.3 Å². The molecule has 0 spiro atoms. The summed E-state index contributed by atoms with van der Waals surface area (Å²) in [5.74, 6) is 1.01. The summed E-state index contributed by atoms with van der Waals surface area (Å²) in [6.45, 7) is 6.76. The number of aromatic nitrogens is 5. The van der Waals surface area contributed by atoms with Crippen LogP contribution in [-0.4, -0.2) is 50.7 Å². The second-order valence-corrected chi connectivity index (χ2v) is 6.16. The molecular weight excluding hydrogens is 321 g/mol. The molecule has 0 aromatic carbocycles. The van der Waals surface area contributed by atoms with E-state index in [1.54, 1.807) is 4.52 Å². The van der Waals surface area contributed by atoms with Gasteiger partial charge in [-0.25, -0.2) is 23.9 Å². The molecular formula is C17H20FN7. The third-order valence-corrected chi connectivity index (χ3v) is 4.51. The highest BCUT2D eigenvalue weighted by Crippen LogP contribution is 2.21. The number of imidazole rings is 1. The van der Waals surface area contributed by atoms with E-state index in [9.17, 15) is 4.39 Å². The normalized spacial score (nSPS) is 15.2. The SMILES string of the molecule is CCc1ncnc(N2CCN(c3ccc4nc(C)cn4n3)CC2)c1F. The predicted molar refractivity (Wildman–Crippen MR) is 93.5 cm³/mol. The number of nitrogens with zero attached hydrogens (tertiary/aromatic N) is 7. The van der Waals surface area contributed by atoms with Crippen LogP contribution in [0.25, 0.3) is 5.65 Å². The number of rotatable bonds is 3. The summed E-state index contributed by atoms with van der Waals surface area (Å²) in [4.78, 5) is 16.7. The standard InChI is InChI=1S/C17H20FN7/c1-3-13-16(18)17(20-11-19-13)24-8-6-23(7-9-24)15-5-4-14-21-12(2)10-25(14)22-15/h4-5,10-11H,3,6-9H2,1-2H3. The highest BCUT2D eigenvalue weighted by molar-refractivity contribution is 5.49. The molecule has 130 valence electrons. The molecule has 1 fully saturated rings. The molecule has 0 saturated carbocycles. The van der Waals surface area contributed by atoms with Crippen LogP contribution in [0, 0.1) is 12.7 Å². The minimum absolute atomic E-state index is 0.299. The van der Waals surface area contributed by atoms with Gasteiger partial charge in [-0.1, -0.05) is 6.92 Å². The largest absolute Gasteiger partial charge is 0.352 e. The molecule has 0 aliphatic carbocycles. The van der Waals surface area contributed by atoms with E-state index in [-0.39, 0.29) is 5.82 Å². The molecule has 4 heterocycles. The maximum Gasteiger partial charge on any atom is 0.187 e. The second kappa shape index (κ2) is 6.27. The van der Waals surface area contributed by atoms with Crippen molar-refractivity contribution in [3.8, 4) is 0 Å². The van der Waals surface area contributed by atoms with Crippen LogP contribution in [0.1, 0.15) is 18.3 Å². The molecule has 0 atom stereocenters. The van der Waals surface area contributed by atoms with Crippen molar-refractivity contribution < 1.29 is 4.39 Å². The molecule has 3 aromatic rings. The van der Waals surface area contributed by atoms with Crippen LogP contribution in [0.15, 0.2) is 24.7 Å². The summed E-state index contributed by atoms with van der Waals surface area (Å²) in [5, 5.41) is 4.62. The molecule has 1 saturated heterocycles. The number of hydrogen-bond acceptors (Lipinski definition) is 6. The van der Waals surface area contributed by atoms with Crippen LogP contribution >= 0.6 is 0 Å². The van der Waals surface area contributed by atoms with Crippen molar-refractivity contribution in [2.24, 2.45) is 0 Å². The number of hydrogen-bond donors (Lipinski definition) is 0. The van der Waals surface area contributed by atoms with Gasteiger partial charge in [0.15, 0.2) is 17.3 Å². The smallest absolute Gasteiger partial charge is 0.187 e. The third-order valence-electron chi connectivity index (χ3n) is 4.51. The zero-order chi connectivity index (χ0) is 17.4. The number of halogens is 1. The molecule has 4 rings (SSSR count). The number of anilines is 2. The highest BCUT2D eigenvalue weighted by Gasteiger charge is 2.23. The Morgan fingerprint density at radius 3 is 2.60 bits per heavy atom. The number of aryl methyl sites for hydroxylation is 2. The molecule has 1 aliphatic heterocycles. The van der Waals surface area contributed by atoms with Gasteiger partial charge in [-0.15, -0.1) is 5.10 Å². The minimum atomic E-state index is -0.299. The Balaban J connectivity index is 1.50. The van der Waals surface area contributed by atoms with Crippen LogP contribution in [0.4, 0.5) is 16.0 Å². The topological polar surface area (TPSA) is 62.5 Å². The van der Waals surface area contributed by atoms with Gasteiger partial charge < -0.3 is 9.80 Å². The van der Waals surface area contributed by atoms with E-state index in [4.69, 9.17) is 0 Å². The lowest BCUT2D eigenvalue weighted by Crippen LogP contribution is -2.47. The van der Waals surface area contributed by atoms with Crippen LogP contribution in [0.3, 0.4) is 0 Å². The fraction of sp³-hybridized carbons (Fsp3) is 0.412. The van der Waals surface area contributed by atoms with Crippen LogP contribution in [-0.2, 0) is 6.42 Å². The quantitative estimate of drug-likeness (QED) is 0.725. The number of fused-ring (bicyclic) bond motifs is 1. The van der Waals surface area contributed by atoms with Crippen molar-refractivity contribution in [3.63, 3.8) is 0 Å². The van der Waals surface area contributed by atoms with Gasteiger partial charge in [0, 0.05) is 26.2 Å². The summed E-state index contributed by atoms with van der Waals surface area (Å²) in [6.07, 6.45) is 3.92. The average molecular weight is 341 g/mol. The van der Waals surface area contributed by atoms with Gasteiger partial charge in [-0.05, 0) is 25.5 Å². The summed E-state index contributed by atoms with van der Waals surface area (Å²) >= 11 is 0.